The van der Waals surface area contributed by atoms with Crippen LogP contribution >= 0.6 is 0 Å². The predicted molar refractivity (Wildman–Crippen MR) is 40.8 cm³/mol. The van der Waals surface area contributed by atoms with Crippen LogP contribution in [0.2, 0.25) is 0 Å². The third-order valence-corrected chi connectivity index (χ3v) is 0. The minimum atomic E-state index is 0. The predicted octanol–water partition coefficient (Wildman–Crippen LogP) is -13.4. The van der Waals surface area contributed by atoms with Crippen LogP contribution in [0.15, 0.2) is 0 Å². The van der Waals surface area contributed by atoms with Gasteiger partial charge in [-0.2, -0.15) is 0 Å². The van der Waals surface area contributed by atoms with Crippen molar-refractivity contribution in [2.75, 3.05) is 0 Å². The Kier molecular flexibility index (Phi) is 1010. The Morgan fingerprint density at radius 2 is 0.333 bits per heavy atom. The summed E-state index contributed by atoms with van der Waals surface area (Å²) in [4.78, 5) is 0. The summed E-state index contributed by atoms with van der Waals surface area (Å²) in [5.41, 5.74) is 0. The van der Waals surface area contributed by atoms with E-state index in [1.807, 2.05) is 0 Å². The van der Waals surface area contributed by atoms with Gasteiger partial charge in [0.15, 0.2) is 0 Å². The van der Waals surface area contributed by atoms with Crippen LogP contribution in [-0.2, 0) is 54.0 Å². The van der Waals surface area contributed by atoms with E-state index in [0.29, 0.717) is 0 Å². The maximum atomic E-state index is 0. The summed E-state index contributed by atoms with van der Waals surface area (Å²) in [5.74, 6) is 0. The Labute approximate surface area is 144 Å². The quantitative estimate of drug-likeness (QED) is 0.231. The molecule has 0 amide bonds. The fourth-order valence-electron chi connectivity index (χ4n) is 0. The van der Waals surface area contributed by atoms with Gasteiger partial charge >= 0.3 is 75.4 Å². The maximum absolute atomic E-state index is 0. The summed E-state index contributed by atoms with van der Waals surface area (Å²) >= 11 is 0. The second kappa shape index (κ2) is 84.4. The minimum absolute atomic E-state index is 0. The molecule has 0 aliphatic rings. The maximum Gasteiger partial charge on any atom is 1.00 e. The van der Waals surface area contributed by atoms with Crippen molar-refractivity contribution in [3.63, 3.8) is 0 Å². The van der Waals surface area contributed by atoms with Crippen molar-refractivity contribution in [2.45, 2.75) is 0 Å². The molecule has 0 saturated heterocycles. The van der Waals surface area contributed by atoms with E-state index < -0.39 is 0 Å². The summed E-state index contributed by atoms with van der Waals surface area (Å²) in [7, 11) is 0. The van der Waals surface area contributed by atoms with Crippen molar-refractivity contribution in [1.82, 2.24) is 0 Å². The van der Waals surface area contributed by atoms with E-state index >= 15 is 0 Å². The second-order valence-electron chi connectivity index (χ2n) is 0. The molecule has 0 saturated carbocycles. The molecule has 0 fully saturated rings. The topological polar surface area (TPSA) is 0 Å². The van der Waals surface area contributed by atoms with Gasteiger partial charge < -0.3 is 54.0 Å². The first kappa shape index (κ1) is 108. The van der Waals surface area contributed by atoms with E-state index in [9.17, 15) is 0 Å². The van der Waals surface area contributed by atoms with E-state index in [1.165, 1.54) is 0 Å². The third-order valence-electron chi connectivity index (χ3n) is 0. The number of rotatable bonds is 0. The molecule has 4 radical (unpaired) electrons. The first-order valence-electron chi connectivity index (χ1n) is 0. The van der Waals surface area contributed by atoms with Crippen molar-refractivity contribution in [1.29, 1.82) is 0 Å². The van der Waals surface area contributed by atoms with Gasteiger partial charge in [0.2, 0.25) is 0 Å². The Bertz CT molecular complexity index is 12.5. The van der Waals surface area contributed by atoms with Crippen LogP contribution in [0.1, 0.15) is 0 Å². The average molecular weight is 233 g/mol. The zero-order chi connectivity index (χ0) is 0. The van der Waals surface area contributed by atoms with Crippen LogP contribution < -0.4 is 75.4 Å². The summed E-state index contributed by atoms with van der Waals surface area (Å²) in [6, 6.07) is 0. The molecule has 0 aliphatic heterocycles. The fourth-order valence-corrected chi connectivity index (χ4v) is 0. The van der Waals surface area contributed by atoms with Crippen LogP contribution in [-0.4, -0.2) is 17.6 Å². The molecule has 9 heavy (non-hydrogen) atoms. The van der Waals surface area contributed by atoms with Gasteiger partial charge in [-0.25, -0.2) is 0 Å². The molecule has 0 spiro atoms. The van der Waals surface area contributed by atoms with Crippen molar-refractivity contribution in [3.8, 4) is 0 Å². The van der Waals surface area contributed by atoms with Crippen molar-refractivity contribution in [3.05, 3.63) is 0 Å². The molecule has 36 valence electrons. The Morgan fingerprint density at radius 1 is 0.333 bits per heavy atom. The molecule has 0 unspecified atom stereocenters. The monoisotopic (exact) mass is 234 g/mol. The fraction of sp³-hybridized carbons (Fsp3) is 0. The molecule has 0 aliphatic carbocycles. The standard InChI is InChI=1S/Ge.4Li.4H2S/h;;;;;4*1H2/q;4*+1;;;;/p-4. The van der Waals surface area contributed by atoms with Gasteiger partial charge in [0.25, 0.3) is 0 Å². The zero-order valence-corrected chi connectivity index (χ0v) is 12.0. The molecule has 0 rings (SSSR count). The van der Waals surface area contributed by atoms with Gasteiger partial charge in [-0.15, -0.1) is 0 Å². The van der Waals surface area contributed by atoms with Gasteiger partial charge in [-0.1, -0.05) is 0 Å². The number of thiol groups is 4. The molecule has 0 N–H and O–H groups in total. The SMILES string of the molecule is [Ge].[Li+].[Li+].[Li+].[Li+].[SH-].[SH-].[SH-].[SH-]. The molecule has 0 heterocycles. The zero-order valence-electron chi connectivity index (χ0n) is 6.29. The van der Waals surface area contributed by atoms with Gasteiger partial charge in [-0.3, -0.25) is 0 Å². The second-order valence-corrected chi connectivity index (χ2v) is 0. The molecule has 9 heteroatoms. The first-order chi connectivity index (χ1) is 0. The molecule has 0 aromatic carbocycles. The van der Waals surface area contributed by atoms with E-state index in [1.54, 1.807) is 0 Å². The molecular weight excluding hydrogens is 229 g/mol. The third kappa shape index (κ3) is 70.1. The van der Waals surface area contributed by atoms with E-state index in [4.69, 9.17) is 0 Å². The van der Waals surface area contributed by atoms with Crippen LogP contribution in [0.5, 0.6) is 0 Å². The Morgan fingerprint density at radius 3 is 0.333 bits per heavy atom. The molecule has 0 bridgehead atoms. The summed E-state index contributed by atoms with van der Waals surface area (Å²) in [6.45, 7) is 0. The Balaban J connectivity index is 0. The molecule has 0 atom stereocenters. The molecule has 0 aromatic rings. The number of hydrogen-bond donors (Lipinski definition) is 0. The van der Waals surface area contributed by atoms with Gasteiger partial charge in [-0.05, 0) is 0 Å². The van der Waals surface area contributed by atoms with Crippen LogP contribution in [0.4, 0.5) is 0 Å². The normalized spacial score (nSPS) is 0. The van der Waals surface area contributed by atoms with E-state index in [2.05, 4.69) is 0 Å². The molecule has 0 aromatic heterocycles. The van der Waals surface area contributed by atoms with Crippen molar-refractivity contribution < 1.29 is 75.4 Å². The van der Waals surface area contributed by atoms with Crippen LogP contribution in [0.3, 0.4) is 0 Å². The summed E-state index contributed by atoms with van der Waals surface area (Å²) in [5, 5.41) is 0. The average Bonchev–Trinajstić information content (AvgIpc) is 0. The van der Waals surface area contributed by atoms with E-state index in [0.717, 1.165) is 0 Å². The van der Waals surface area contributed by atoms with Crippen molar-refractivity contribution >= 4 is 71.6 Å². The van der Waals surface area contributed by atoms with Gasteiger partial charge in [0, 0.05) is 17.6 Å². The molecular formula is H4GeLi4S4. The first-order valence-corrected chi connectivity index (χ1v) is 0. The summed E-state index contributed by atoms with van der Waals surface area (Å²) < 4.78 is 0. The van der Waals surface area contributed by atoms with Gasteiger partial charge in [0.05, 0.1) is 0 Å². The van der Waals surface area contributed by atoms with Crippen LogP contribution in [0, 0.1) is 0 Å². The minimum Gasteiger partial charge on any atom is -0.813 e. The van der Waals surface area contributed by atoms with Crippen LogP contribution in [0.25, 0.3) is 0 Å². The van der Waals surface area contributed by atoms with Gasteiger partial charge in [0.1, 0.15) is 0 Å². The summed E-state index contributed by atoms with van der Waals surface area (Å²) in [6.07, 6.45) is 0. The number of hydrogen-bond acceptors (Lipinski definition) is 4. The van der Waals surface area contributed by atoms with Crippen molar-refractivity contribution in [2.24, 2.45) is 0 Å². The largest absolute Gasteiger partial charge is 1.00 e. The Hall–Kier alpha value is 4.33. The smallest absolute Gasteiger partial charge is 0.813 e. The van der Waals surface area contributed by atoms with E-state index in [-0.39, 0.29) is 147 Å². The molecule has 0 nitrogen and oxygen atoms in total.